The fourth-order valence-electron chi connectivity index (χ4n) is 0.625. The van der Waals surface area contributed by atoms with E-state index in [1.165, 1.54) is 32.4 Å². The topological polar surface area (TPSA) is 12.0 Å². The molecule has 0 aromatic rings. The molecule has 1 N–H and O–H groups in total. The molecule has 1 rings (SSSR count). The van der Waals surface area contributed by atoms with Gasteiger partial charge in [0.05, 0.1) is 0 Å². The fraction of sp³-hybridized carbons (Fsp3) is 1.00. The number of halogens is 1. The lowest BCUT2D eigenvalue weighted by Crippen LogP contribution is -2.03. The molecule has 1 saturated heterocycles. The zero-order chi connectivity index (χ0) is 6.95. The Hall–Kier alpha value is 0.440. The summed E-state index contributed by atoms with van der Waals surface area (Å²) in [6.07, 6.45) is 4.01. The van der Waals surface area contributed by atoms with Gasteiger partial charge >= 0.3 is 0 Å². The highest BCUT2D eigenvalue weighted by Gasteiger charge is 1.93. The van der Waals surface area contributed by atoms with Crippen molar-refractivity contribution >= 4 is 15.9 Å². The fourth-order valence-corrected chi connectivity index (χ4v) is 0.625. The number of rotatable bonds is 1. The summed E-state index contributed by atoms with van der Waals surface area (Å²) in [5.41, 5.74) is 0. The van der Waals surface area contributed by atoms with Gasteiger partial charge in [-0.3, -0.25) is 0 Å². The molecule has 1 aliphatic heterocycles. The second kappa shape index (κ2) is 8.44. The second-order valence-corrected chi connectivity index (χ2v) is 2.94. The molecule has 9 heavy (non-hydrogen) atoms. The van der Waals surface area contributed by atoms with Gasteiger partial charge < -0.3 is 5.32 Å². The number of nitrogens with one attached hydrogen (secondary N) is 1. The van der Waals surface area contributed by atoms with Crippen molar-refractivity contribution < 1.29 is 0 Å². The lowest BCUT2D eigenvalue weighted by molar-refractivity contribution is 0.857. The highest BCUT2D eigenvalue weighted by atomic mass is 79.9. The van der Waals surface area contributed by atoms with E-state index in [0.29, 0.717) is 0 Å². The molecule has 2 heteroatoms. The molecule has 0 spiro atoms. The summed E-state index contributed by atoms with van der Waals surface area (Å²) in [4.78, 5) is 0. The number of hydrogen-bond donors (Lipinski definition) is 1. The maximum absolute atomic E-state index is 3.25. The monoisotopic (exact) mass is 193 g/mol. The predicted molar refractivity (Wildman–Crippen MR) is 46.2 cm³/mol. The summed E-state index contributed by atoms with van der Waals surface area (Å²) in [6, 6.07) is 0. The number of hydrogen-bond acceptors (Lipinski definition) is 1. The first-order valence-corrected chi connectivity index (χ1v) is 4.80. The van der Waals surface area contributed by atoms with E-state index in [-0.39, 0.29) is 0 Å². The first-order valence-electron chi connectivity index (χ1n) is 3.68. The molecule has 1 fully saturated rings. The zero-order valence-electron chi connectivity index (χ0n) is 6.12. The van der Waals surface area contributed by atoms with Gasteiger partial charge in [-0.1, -0.05) is 22.9 Å². The van der Waals surface area contributed by atoms with E-state index in [1.54, 1.807) is 0 Å². The summed E-state index contributed by atoms with van der Waals surface area (Å²) >= 11 is 3.25. The average Bonchev–Trinajstić information content (AvgIpc) is 2.43. The lowest BCUT2D eigenvalue weighted by atomic mass is 10.4. The van der Waals surface area contributed by atoms with Crippen LogP contribution in [0.1, 0.15) is 26.2 Å². The van der Waals surface area contributed by atoms with Gasteiger partial charge in [0.2, 0.25) is 0 Å². The molecule has 0 amide bonds. The Morgan fingerprint density at radius 3 is 1.89 bits per heavy atom. The normalized spacial score (nSPS) is 16.7. The van der Waals surface area contributed by atoms with E-state index in [1.807, 2.05) is 0 Å². The molecule has 0 saturated carbocycles. The van der Waals surface area contributed by atoms with E-state index >= 15 is 0 Å². The predicted octanol–water partition coefficient (Wildman–Crippen LogP) is 2.16. The van der Waals surface area contributed by atoms with Crippen molar-refractivity contribution in [2.24, 2.45) is 0 Å². The molecule has 0 bridgehead atoms. The van der Waals surface area contributed by atoms with Crippen LogP contribution in [0.2, 0.25) is 0 Å². The molecule has 0 radical (unpaired) electrons. The van der Waals surface area contributed by atoms with Crippen molar-refractivity contribution in [3.05, 3.63) is 0 Å². The van der Waals surface area contributed by atoms with Crippen LogP contribution in [-0.2, 0) is 0 Å². The Labute approximate surface area is 66.3 Å². The SMILES string of the molecule is C1CCNC1.CCCBr. The molecule has 0 unspecified atom stereocenters. The van der Waals surface area contributed by atoms with Crippen molar-refractivity contribution in [1.29, 1.82) is 0 Å². The standard InChI is InChI=1S/C4H9N.C3H7Br/c1-2-4-5-3-1;1-2-3-4/h5H,1-4H2;2-3H2,1H3. The minimum Gasteiger partial charge on any atom is -0.317 e. The zero-order valence-corrected chi connectivity index (χ0v) is 7.71. The third kappa shape index (κ3) is 8.44. The molecule has 56 valence electrons. The van der Waals surface area contributed by atoms with Gasteiger partial charge in [-0.05, 0) is 32.4 Å². The van der Waals surface area contributed by atoms with Gasteiger partial charge in [-0.25, -0.2) is 0 Å². The molecule has 1 heterocycles. The lowest BCUT2D eigenvalue weighted by Gasteiger charge is -1.76. The number of alkyl halides is 1. The summed E-state index contributed by atoms with van der Waals surface area (Å²) < 4.78 is 0. The largest absolute Gasteiger partial charge is 0.317 e. The minimum absolute atomic E-state index is 1.13. The van der Waals surface area contributed by atoms with Crippen LogP contribution in [0.15, 0.2) is 0 Å². The van der Waals surface area contributed by atoms with Gasteiger partial charge in [-0.2, -0.15) is 0 Å². The van der Waals surface area contributed by atoms with Gasteiger partial charge in [0.1, 0.15) is 0 Å². The third-order valence-corrected chi connectivity index (χ3v) is 1.94. The van der Waals surface area contributed by atoms with Crippen molar-refractivity contribution in [1.82, 2.24) is 5.32 Å². The second-order valence-electron chi connectivity index (χ2n) is 2.15. The summed E-state index contributed by atoms with van der Waals surface area (Å²) in [7, 11) is 0. The highest BCUT2D eigenvalue weighted by molar-refractivity contribution is 9.09. The Morgan fingerprint density at radius 2 is 1.78 bits per heavy atom. The van der Waals surface area contributed by atoms with Gasteiger partial charge in [0.15, 0.2) is 0 Å². The molecule has 0 aliphatic carbocycles. The van der Waals surface area contributed by atoms with Gasteiger partial charge in [0, 0.05) is 5.33 Å². The summed E-state index contributed by atoms with van der Waals surface area (Å²) in [5.74, 6) is 0. The Morgan fingerprint density at radius 1 is 1.33 bits per heavy atom. The van der Waals surface area contributed by atoms with E-state index in [2.05, 4.69) is 28.2 Å². The molecule has 1 aliphatic rings. The molecule has 1 nitrogen and oxygen atoms in total. The minimum atomic E-state index is 1.13. The molecule has 0 atom stereocenters. The molecule has 0 aromatic carbocycles. The molecular formula is C7H16BrN. The van der Waals surface area contributed by atoms with Crippen molar-refractivity contribution in [3.8, 4) is 0 Å². The Balaban J connectivity index is 0.000000148. The maximum atomic E-state index is 3.25. The smallest absolute Gasteiger partial charge is 0.00286 e. The average molecular weight is 194 g/mol. The van der Waals surface area contributed by atoms with E-state index in [0.717, 1.165) is 5.33 Å². The summed E-state index contributed by atoms with van der Waals surface area (Å²) in [6.45, 7) is 4.63. The van der Waals surface area contributed by atoms with Crippen molar-refractivity contribution in [3.63, 3.8) is 0 Å². The maximum Gasteiger partial charge on any atom is 0.00286 e. The van der Waals surface area contributed by atoms with Gasteiger partial charge in [-0.15, -0.1) is 0 Å². The first kappa shape index (κ1) is 9.44. The summed E-state index contributed by atoms with van der Waals surface area (Å²) in [5, 5.41) is 4.35. The Bertz CT molecular complexity index is 34.6. The molecular weight excluding hydrogens is 178 g/mol. The first-order chi connectivity index (χ1) is 4.41. The van der Waals surface area contributed by atoms with Crippen LogP contribution in [0.25, 0.3) is 0 Å². The third-order valence-electron chi connectivity index (χ3n) is 1.15. The van der Waals surface area contributed by atoms with Crippen LogP contribution in [0, 0.1) is 0 Å². The van der Waals surface area contributed by atoms with Crippen LogP contribution in [0.3, 0.4) is 0 Å². The van der Waals surface area contributed by atoms with Crippen LogP contribution >= 0.6 is 15.9 Å². The van der Waals surface area contributed by atoms with Crippen LogP contribution in [0.4, 0.5) is 0 Å². The van der Waals surface area contributed by atoms with E-state index < -0.39 is 0 Å². The van der Waals surface area contributed by atoms with Crippen molar-refractivity contribution in [2.75, 3.05) is 18.4 Å². The highest BCUT2D eigenvalue weighted by Crippen LogP contribution is 1.90. The van der Waals surface area contributed by atoms with E-state index in [4.69, 9.17) is 0 Å². The van der Waals surface area contributed by atoms with Crippen LogP contribution < -0.4 is 5.32 Å². The van der Waals surface area contributed by atoms with Gasteiger partial charge in [0.25, 0.3) is 0 Å². The Kier molecular flexibility index (Phi) is 8.85. The van der Waals surface area contributed by atoms with Crippen LogP contribution in [0.5, 0.6) is 0 Å². The van der Waals surface area contributed by atoms with Crippen molar-refractivity contribution in [2.45, 2.75) is 26.2 Å². The van der Waals surface area contributed by atoms with Crippen LogP contribution in [-0.4, -0.2) is 18.4 Å². The van der Waals surface area contributed by atoms with E-state index in [9.17, 15) is 0 Å². The quantitative estimate of drug-likeness (QED) is 0.630. The molecule has 0 aromatic heterocycles.